The van der Waals surface area contributed by atoms with E-state index >= 15 is 0 Å². The number of carboxylic acids is 1. The molecule has 0 saturated carbocycles. The molecule has 4 heterocycles. The predicted molar refractivity (Wildman–Crippen MR) is 142 cm³/mol. The first-order valence-electron chi connectivity index (χ1n) is 12.5. The first-order chi connectivity index (χ1) is 19.0. The topological polar surface area (TPSA) is 99.1 Å². The van der Waals surface area contributed by atoms with Crippen molar-refractivity contribution < 1.29 is 32.6 Å². The molecule has 2 aliphatic heterocycles. The number of hydrogen-bond donors (Lipinski definition) is 1. The van der Waals surface area contributed by atoms with Crippen LogP contribution in [0.25, 0.3) is 11.3 Å². The van der Waals surface area contributed by atoms with Crippen LogP contribution >= 0.6 is 11.6 Å². The van der Waals surface area contributed by atoms with E-state index in [1.807, 2.05) is 18.7 Å². The number of hydrogen-bond acceptors (Lipinski definition) is 6. The molecule has 1 aromatic carbocycles. The van der Waals surface area contributed by atoms with Gasteiger partial charge in [-0.1, -0.05) is 11.6 Å². The Morgan fingerprint density at radius 1 is 1.12 bits per heavy atom. The zero-order valence-electron chi connectivity index (χ0n) is 21.5. The SMILES string of the molecule is CCOc1ncccc1-c1ccc(N2C[C@H]3CN(c4ccc(Cl)cc4C(F)(F)F)C(=O)N3C[C@H]2C)c(C(=O)O)n1. The van der Waals surface area contributed by atoms with Gasteiger partial charge in [0.1, 0.15) is 0 Å². The monoisotopic (exact) mass is 575 g/mol. The van der Waals surface area contributed by atoms with Gasteiger partial charge in [-0.25, -0.2) is 19.6 Å². The van der Waals surface area contributed by atoms with E-state index in [0.717, 1.165) is 11.0 Å². The molecule has 0 spiro atoms. The molecule has 0 unspecified atom stereocenters. The molecule has 2 saturated heterocycles. The lowest BCUT2D eigenvalue weighted by Crippen LogP contribution is -2.57. The first kappa shape index (κ1) is 27.5. The maximum atomic E-state index is 13.8. The van der Waals surface area contributed by atoms with Crippen molar-refractivity contribution in [3.05, 3.63) is 64.9 Å². The fourth-order valence-corrected chi connectivity index (χ4v) is 5.38. The number of halogens is 4. The average Bonchev–Trinajstić information content (AvgIpc) is 3.23. The number of nitrogens with zero attached hydrogens (tertiary/aromatic N) is 5. The Kier molecular flexibility index (Phi) is 7.21. The smallest absolute Gasteiger partial charge is 0.418 e. The Hall–Kier alpha value is -4.06. The van der Waals surface area contributed by atoms with Gasteiger partial charge in [-0.15, -0.1) is 0 Å². The van der Waals surface area contributed by atoms with Gasteiger partial charge in [0.2, 0.25) is 5.88 Å². The summed E-state index contributed by atoms with van der Waals surface area (Å²) in [4.78, 5) is 38.7. The molecule has 0 bridgehead atoms. The molecule has 2 aliphatic rings. The summed E-state index contributed by atoms with van der Waals surface area (Å²) < 4.78 is 46.9. The minimum Gasteiger partial charge on any atom is -0.477 e. The predicted octanol–water partition coefficient (Wildman–Crippen LogP) is 5.43. The number of carboxylic acid groups (broad SMARTS) is 1. The van der Waals surface area contributed by atoms with E-state index in [-0.39, 0.29) is 42.1 Å². The minimum absolute atomic E-state index is 0.00587. The third-order valence-electron chi connectivity index (χ3n) is 6.98. The summed E-state index contributed by atoms with van der Waals surface area (Å²) in [7, 11) is 0. The number of piperazine rings is 1. The molecular weight excluding hydrogens is 551 g/mol. The van der Waals surface area contributed by atoms with Crippen molar-refractivity contribution in [3.63, 3.8) is 0 Å². The van der Waals surface area contributed by atoms with Gasteiger partial charge in [-0.3, -0.25) is 4.90 Å². The number of amides is 2. The average molecular weight is 576 g/mol. The first-order valence-corrected chi connectivity index (χ1v) is 12.9. The number of anilines is 2. The quantitative estimate of drug-likeness (QED) is 0.418. The van der Waals surface area contributed by atoms with Gasteiger partial charge >= 0.3 is 18.2 Å². The molecular formula is C27H25ClF3N5O4. The summed E-state index contributed by atoms with van der Waals surface area (Å²) in [5.74, 6) is -0.915. The number of ether oxygens (including phenoxy) is 1. The Balaban J connectivity index is 1.46. The molecule has 5 rings (SSSR count). The molecule has 2 aromatic heterocycles. The molecule has 40 heavy (non-hydrogen) atoms. The van der Waals surface area contributed by atoms with Gasteiger partial charge in [0, 0.05) is 36.9 Å². The van der Waals surface area contributed by atoms with Crippen molar-refractivity contribution in [1.82, 2.24) is 14.9 Å². The molecule has 9 nitrogen and oxygen atoms in total. The largest absolute Gasteiger partial charge is 0.477 e. The third-order valence-corrected chi connectivity index (χ3v) is 7.22. The number of rotatable bonds is 6. The highest BCUT2D eigenvalue weighted by Crippen LogP contribution is 2.41. The van der Waals surface area contributed by atoms with E-state index in [1.165, 1.54) is 17.0 Å². The van der Waals surface area contributed by atoms with Gasteiger partial charge in [0.15, 0.2) is 5.69 Å². The van der Waals surface area contributed by atoms with Crippen LogP contribution in [0.3, 0.4) is 0 Å². The Labute approximate surface area is 232 Å². The van der Waals surface area contributed by atoms with E-state index in [0.29, 0.717) is 29.4 Å². The van der Waals surface area contributed by atoms with Crippen molar-refractivity contribution in [2.45, 2.75) is 32.1 Å². The number of aromatic nitrogens is 2. The number of carbonyl (C=O) groups excluding carboxylic acids is 1. The Bertz CT molecular complexity index is 1470. The van der Waals surface area contributed by atoms with Gasteiger partial charge in [-0.2, -0.15) is 13.2 Å². The zero-order chi connectivity index (χ0) is 28.8. The van der Waals surface area contributed by atoms with Crippen LogP contribution in [0.1, 0.15) is 29.9 Å². The van der Waals surface area contributed by atoms with Crippen LogP contribution in [0.15, 0.2) is 48.7 Å². The summed E-state index contributed by atoms with van der Waals surface area (Å²) in [6.45, 7) is 4.39. The van der Waals surface area contributed by atoms with E-state index in [4.69, 9.17) is 16.3 Å². The number of fused-ring (bicyclic) bond motifs is 1. The normalized spacial score (nSPS) is 19.1. The number of aromatic carboxylic acids is 1. The van der Waals surface area contributed by atoms with Gasteiger partial charge in [-0.05, 0) is 56.3 Å². The highest BCUT2D eigenvalue weighted by atomic mass is 35.5. The molecule has 13 heteroatoms. The molecule has 1 N–H and O–H groups in total. The summed E-state index contributed by atoms with van der Waals surface area (Å²) in [6, 6.07) is 8.71. The molecule has 2 amide bonds. The van der Waals surface area contributed by atoms with Crippen LogP contribution < -0.4 is 14.5 Å². The van der Waals surface area contributed by atoms with Crippen molar-refractivity contribution in [2.24, 2.45) is 0 Å². The summed E-state index contributed by atoms with van der Waals surface area (Å²) in [5.41, 5.74) is -0.200. The fraction of sp³-hybridized carbons (Fsp3) is 0.333. The van der Waals surface area contributed by atoms with Crippen molar-refractivity contribution >= 4 is 35.0 Å². The lowest BCUT2D eigenvalue weighted by Gasteiger charge is -2.42. The van der Waals surface area contributed by atoms with Crippen LogP contribution in [0.5, 0.6) is 5.88 Å². The van der Waals surface area contributed by atoms with E-state index in [1.54, 1.807) is 30.5 Å². The maximum Gasteiger partial charge on any atom is 0.418 e. The standard InChI is InChI=1S/C27H25ClF3N5O4/c1-3-40-24-18(5-4-10-32-24)20-7-9-22(23(33-20)25(37)38)34-13-17-14-36(26(39)35(17)12-15(34)2)21-8-6-16(28)11-19(21)27(29,30)31/h4-11,15,17H,3,12-14H2,1-2H3,(H,37,38)/t15-,17+/m1/s1. The van der Waals surface area contributed by atoms with Crippen LogP contribution in [-0.2, 0) is 6.18 Å². The number of carbonyl (C=O) groups is 2. The van der Waals surface area contributed by atoms with E-state index in [9.17, 15) is 27.9 Å². The van der Waals surface area contributed by atoms with Gasteiger partial charge < -0.3 is 19.6 Å². The van der Waals surface area contributed by atoms with Crippen LogP contribution in [0, 0.1) is 0 Å². The zero-order valence-corrected chi connectivity index (χ0v) is 22.3. The summed E-state index contributed by atoms with van der Waals surface area (Å²) >= 11 is 5.82. The van der Waals surface area contributed by atoms with Crippen LogP contribution in [-0.4, -0.2) is 70.3 Å². The van der Waals surface area contributed by atoms with Crippen molar-refractivity contribution in [2.75, 3.05) is 36.0 Å². The second kappa shape index (κ2) is 10.5. The molecule has 2 fully saturated rings. The number of benzene rings is 1. The van der Waals surface area contributed by atoms with Gasteiger partial charge in [0.25, 0.3) is 0 Å². The van der Waals surface area contributed by atoms with Crippen molar-refractivity contribution in [3.8, 4) is 17.1 Å². The fourth-order valence-electron chi connectivity index (χ4n) is 5.21. The Morgan fingerprint density at radius 3 is 2.58 bits per heavy atom. The summed E-state index contributed by atoms with van der Waals surface area (Å²) in [5, 5.41) is 9.96. The number of urea groups is 1. The molecule has 2 atom stereocenters. The van der Waals surface area contributed by atoms with Crippen molar-refractivity contribution in [1.29, 1.82) is 0 Å². The molecule has 3 aromatic rings. The second-order valence-electron chi connectivity index (χ2n) is 9.52. The number of pyridine rings is 2. The summed E-state index contributed by atoms with van der Waals surface area (Å²) in [6.07, 6.45) is -3.14. The van der Waals surface area contributed by atoms with Crippen LogP contribution in [0.2, 0.25) is 5.02 Å². The maximum absolute atomic E-state index is 13.8. The molecule has 0 radical (unpaired) electrons. The minimum atomic E-state index is -4.71. The highest BCUT2D eigenvalue weighted by Gasteiger charge is 2.46. The molecule has 0 aliphatic carbocycles. The third kappa shape index (κ3) is 4.99. The van der Waals surface area contributed by atoms with E-state index < -0.39 is 29.8 Å². The second-order valence-corrected chi connectivity index (χ2v) is 9.95. The highest BCUT2D eigenvalue weighted by molar-refractivity contribution is 6.30. The lowest BCUT2D eigenvalue weighted by molar-refractivity contribution is -0.137. The lowest BCUT2D eigenvalue weighted by atomic mass is 10.1. The number of alkyl halides is 3. The molecule has 210 valence electrons. The Morgan fingerprint density at radius 2 is 1.88 bits per heavy atom. The van der Waals surface area contributed by atoms with Gasteiger partial charge in [0.05, 0.1) is 40.8 Å². The van der Waals surface area contributed by atoms with Crippen LogP contribution in [0.4, 0.5) is 29.3 Å². The van der Waals surface area contributed by atoms with E-state index in [2.05, 4.69) is 9.97 Å².